The minimum Gasteiger partial charge on any atom is -0.467 e. The monoisotopic (exact) mass is 369 g/mol. The van der Waals surface area contributed by atoms with Crippen molar-refractivity contribution in [2.75, 3.05) is 13.4 Å². The number of nitrogens with one attached hydrogen (secondary N) is 1. The molecule has 11 heteroatoms. The molecule has 1 aromatic carbocycles. The number of hydrogen-bond donors (Lipinski definition) is 1. The van der Waals surface area contributed by atoms with E-state index in [1.807, 2.05) is 0 Å². The molecule has 0 aliphatic heterocycles. The van der Waals surface area contributed by atoms with Crippen LogP contribution in [0.3, 0.4) is 0 Å². The smallest absolute Gasteiger partial charge is 0.467 e. The lowest BCUT2D eigenvalue weighted by molar-refractivity contribution is -0.176. The lowest BCUT2D eigenvalue weighted by Crippen LogP contribution is -2.51. The number of rotatable bonds is 6. The molecule has 0 bridgehead atoms. The molecular weight excluding hydrogens is 355 g/mol. The van der Waals surface area contributed by atoms with Crippen LogP contribution in [0.1, 0.15) is 11.7 Å². The number of carbonyl (C=O) groups excluding carboxylic acids is 2. The van der Waals surface area contributed by atoms with Gasteiger partial charge >= 0.3 is 18.1 Å². The maximum absolute atomic E-state index is 12.5. The Bertz CT molecular complexity index is 689. The third-order valence-corrected chi connectivity index (χ3v) is 3.27. The van der Waals surface area contributed by atoms with Gasteiger partial charge in [-0.15, -0.1) is 0 Å². The summed E-state index contributed by atoms with van der Waals surface area (Å²) < 4.78 is 69.2. The number of carbonyl (C=O) groups is 2. The molecule has 0 fully saturated rings. The first kappa shape index (κ1) is 19.9. The van der Waals surface area contributed by atoms with Crippen LogP contribution in [0.2, 0.25) is 0 Å². The van der Waals surface area contributed by atoms with Gasteiger partial charge in [-0.2, -0.15) is 21.6 Å². The van der Waals surface area contributed by atoms with Crippen LogP contribution in [0.15, 0.2) is 30.3 Å². The predicted molar refractivity (Wildman–Crippen MR) is 75.1 cm³/mol. The van der Waals surface area contributed by atoms with Gasteiger partial charge in [0.25, 0.3) is 10.1 Å². The molecule has 24 heavy (non-hydrogen) atoms. The van der Waals surface area contributed by atoms with Crippen molar-refractivity contribution in [3.05, 3.63) is 35.9 Å². The van der Waals surface area contributed by atoms with E-state index in [0.717, 1.165) is 7.11 Å². The molecule has 0 saturated carbocycles. The third kappa shape index (κ3) is 5.81. The first-order valence-electron chi connectivity index (χ1n) is 6.34. The van der Waals surface area contributed by atoms with Gasteiger partial charge in [-0.3, -0.25) is 8.98 Å². The summed E-state index contributed by atoms with van der Waals surface area (Å²) in [7, 11) is -3.30. The van der Waals surface area contributed by atoms with Crippen molar-refractivity contribution < 1.29 is 40.1 Å². The van der Waals surface area contributed by atoms with E-state index in [1.165, 1.54) is 29.6 Å². The number of hydrogen-bond acceptors (Lipinski definition) is 6. The molecule has 0 aromatic heterocycles. The second-order valence-corrected chi connectivity index (χ2v) is 6.20. The van der Waals surface area contributed by atoms with Crippen LogP contribution in [0.5, 0.6) is 0 Å². The standard InChI is InChI=1S/C13H14F3NO6S/c1-22-11(18)9(17-12(19)13(14,15)16)10(23-24(2,20)21)8-6-4-3-5-7-8/h3-7,9-10H,1-2H3,(H,17,19)/t9-,10+/m1/s1. The number of benzene rings is 1. The van der Waals surface area contributed by atoms with Gasteiger partial charge in [-0.25, -0.2) is 4.79 Å². The average Bonchev–Trinajstić information content (AvgIpc) is 2.48. The van der Waals surface area contributed by atoms with Crippen LogP contribution in [-0.2, 0) is 28.6 Å². The zero-order valence-electron chi connectivity index (χ0n) is 12.5. The first-order chi connectivity index (χ1) is 11.0. The number of methoxy groups -OCH3 is 1. The number of esters is 1. The van der Waals surface area contributed by atoms with E-state index in [2.05, 4.69) is 4.74 Å². The highest BCUT2D eigenvalue weighted by molar-refractivity contribution is 7.86. The Balaban J connectivity index is 3.30. The van der Waals surface area contributed by atoms with Crippen LogP contribution in [0.4, 0.5) is 13.2 Å². The third-order valence-electron chi connectivity index (χ3n) is 2.71. The fourth-order valence-corrected chi connectivity index (χ4v) is 2.34. The summed E-state index contributed by atoms with van der Waals surface area (Å²) >= 11 is 0. The van der Waals surface area contributed by atoms with Crippen LogP contribution in [0, 0.1) is 0 Å². The van der Waals surface area contributed by atoms with Crippen LogP contribution < -0.4 is 5.32 Å². The highest BCUT2D eigenvalue weighted by atomic mass is 32.2. The Hall–Kier alpha value is -2.14. The molecule has 0 aliphatic carbocycles. The van der Waals surface area contributed by atoms with Gasteiger partial charge in [-0.1, -0.05) is 30.3 Å². The molecule has 0 radical (unpaired) electrons. The van der Waals surface area contributed by atoms with E-state index in [9.17, 15) is 31.2 Å². The summed E-state index contributed by atoms with van der Waals surface area (Å²) in [5, 5.41) is 1.40. The Kier molecular flexibility index (Phi) is 6.32. The Morgan fingerprint density at radius 3 is 2.12 bits per heavy atom. The van der Waals surface area contributed by atoms with E-state index in [1.54, 1.807) is 6.07 Å². The number of halogens is 3. The Morgan fingerprint density at radius 2 is 1.71 bits per heavy atom. The van der Waals surface area contributed by atoms with Crippen LogP contribution in [-0.4, -0.2) is 45.9 Å². The lowest BCUT2D eigenvalue weighted by Gasteiger charge is -2.25. The minimum atomic E-state index is -5.28. The van der Waals surface area contributed by atoms with Crippen molar-refractivity contribution in [2.24, 2.45) is 0 Å². The molecule has 1 N–H and O–H groups in total. The van der Waals surface area contributed by atoms with Gasteiger partial charge in [0.05, 0.1) is 13.4 Å². The first-order valence-corrected chi connectivity index (χ1v) is 8.16. The van der Waals surface area contributed by atoms with Gasteiger partial charge in [0.15, 0.2) is 6.04 Å². The highest BCUT2D eigenvalue weighted by Crippen LogP contribution is 2.25. The van der Waals surface area contributed by atoms with Crippen molar-refractivity contribution in [1.29, 1.82) is 0 Å². The second-order valence-electron chi connectivity index (χ2n) is 4.60. The molecule has 0 unspecified atom stereocenters. The van der Waals surface area contributed by atoms with Gasteiger partial charge in [-0.05, 0) is 5.56 Å². The molecule has 0 aliphatic rings. The van der Waals surface area contributed by atoms with E-state index >= 15 is 0 Å². The maximum Gasteiger partial charge on any atom is 0.471 e. The normalized spacial score (nSPS) is 14.5. The molecule has 0 heterocycles. The fraction of sp³-hybridized carbons (Fsp3) is 0.385. The molecule has 0 saturated heterocycles. The molecular formula is C13H14F3NO6S. The zero-order chi connectivity index (χ0) is 18.5. The SMILES string of the molecule is COC(=O)[C@H](NC(=O)C(F)(F)F)[C@@H](OS(C)(=O)=O)c1ccccc1. The van der Waals surface area contributed by atoms with Gasteiger partial charge in [0.2, 0.25) is 0 Å². The number of alkyl halides is 3. The fourth-order valence-electron chi connectivity index (χ4n) is 1.74. The van der Waals surface area contributed by atoms with E-state index in [-0.39, 0.29) is 5.56 Å². The largest absolute Gasteiger partial charge is 0.471 e. The highest BCUT2D eigenvalue weighted by Gasteiger charge is 2.44. The van der Waals surface area contributed by atoms with Crippen molar-refractivity contribution in [3.63, 3.8) is 0 Å². The van der Waals surface area contributed by atoms with Gasteiger partial charge in [0.1, 0.15) is 6.10 Å². The summed E-state index contributed by atoms with van der Waals surface area (Å²) in [5.74, 6) is -3.74. The number of amides is 1. The molecule has 0 spiro atoms. The quantitative estimate of drug-likeness (QED) is 0.592. The molecule has 1 amide bonds. The summed E-state index contributed by atoms with van der Waals surface area (Å²) in [6.07, 6.45) is -6.36. The molecule has 134 valence electrons. The van der Waals surface area contributed by atoms with Crippen molar-refractivity contribution in [1.82, 2.24) is 5.32 Å². The van der Waals surface area contributed by atoms with Crippen molar-refractivity contribution >= 4 is 22.0 Å². The van der Waals surface area contributed by atoms with Crippen molar-refractivity contribution in [3.8, 4) is 0 Å². The molecule has 1 rings (SSSR count). The van der Waals surface area contributed by atoms with Crippen molar-refractivity contribution in [2.45, 2.75) is 18.3 Å². The Labute approximate surface area is 135 Å². The molecule has 2 atom stereocenters. The van der Waals surface area contributed by atoms with Crippen LogP contribution >= 0.6 is 0 Å². The summed E-state index contributed by atoms with van der Waals surface area (Å²) in [6.45, 7) is 0. The van der Waals surface area contributed by atoms with Gasteiger partial charge < -0.3 is 10.1 Å². The molecule has 7 nitrogen and oxygen atoms in total. The minimum absolute atomic E-state index is 0.0563. The summed E-state index contributed by atoms with van der Waals surface area (Å²) in [5.41, 5.74) is 0.0563. The van der Waals surface area contributed by atoms with Crippen LogP contribution in [0.25, 0.3) is 0 Å². The van der Waals surface area contributed by atoms with E-state index < -0.39 is 40.3 Å². The predicted octanol–water partition coefficient (Wildman–Crippen LogP) is 0.924. The summed E-state index contributed by atoms with van der Waals surface area (Å²) in [6, 6.07) is 5.09. The zero-order valence-corrected chi connectivity index (χ0v) is 13.3. The molecule has 1 aromatic rings. The second kappa shape index (κ2) is 7.62. The summed E-state index contributed by atoms with van der Waals surface area (Å²) in [4.78, 5) is 22.9. The average molecular weight is 369 g/mol. The topological polar surface area (TPSA) is 98.8 Å². The maximum atomic E-state index is 12.5. The van der Waals surface area contributed by atoms with E-state index in [4.69, 9.17) is 4.18 Å². The lowest BCUT2D eigenvalue weighted by atomic mass is 10.0. The Morgan fingerprint density at radius 1 is 1.17 bits per heavy atom. The van der Waals surface area contributed by atoms with E-state index in [0.29, 0.717) is 6.26 Å². The van der Waals surface area contributed by atoms with Gasteiger partial charge in [0, 0.05) is 0 Å². The number of ether oxygens (including phenoxy) is 1.